The van der Waals surface area contributed by atoms with Crippen LogP contribution in [-0.4, -0.2) is 33.8 Å². The van der Waals surface area contributed by atoms with Gasteiger partial charge in [-0.1, -0.05) is 13.8 Å². The van der Waals surface area contributed by atoms with Gasteiger partial charge in [0, 0.05) is 30.7 Å². The maximum atomic E-state index is 4.64. The van der Waals surface area contributed by atoms with Crippen molar-refractivity contribution in [2.24, 2.45) is 4.99 Å². The van der Waals surface area contributed by atoms with E-state index in [1.54, 1.807) is 11.3 Å². The molecule has 0 saturated carbocycles. The summed E-state index contributed by atoms with van der Waals surface area (Å²) in [7, 11) is 0. The lowest BCUT2D eigenvalue weighted by molar-refractivity contribution is 0.555. The molecule has 0 spiro atoms. The largest absolute Gasteiger partial charge is 0.357 e. The number of thiazole rings is 1. The summed E-state index contributed by atoms with van der Waals surface area (Å²) in [4.78, 5) is 9.28. The maximum absolute atomic E-state index is 4.64. The summed E-state index contributed by atoms with van der Waals surface area (Å²) in [5, 5.41) is 14.4. The molecule has 0 aromatic carbocycles. The standard InChI is InChI=1S/C18H30N6S/c1-6-19-18(21-11-17-22-16(12-25-17)13(2)3)20-8-7-9-24-15(5)10-14(4)23-24/h10,12-13H,6-9,11H2,1-5H3,(H2,19,20,21). The molecule has 0 amide bonds. The van der Waals surface area contributed by atoms with Gasteiger partial charge in [-0.3, -0.25) is 4.68 Å². The van der Waals surface area contributed by atoms with Gasteiger partial charge < -0.3 is 10.6 Å². The Morgan fingerprint density at radius 3 is 2.72 bits per heavy atom. The van der Waals surface area contributed by atoms with Crippen LogP contribution >= 0.6 is 11.3 Å². The third-order valence-electron chi connectivity index (χ3n) is 3.82. The third kappa shape index (κ3) is 6.16. The first-order valence-electron chi connectivity index (χ1n) is 8.97. The van der Waals surface area contributed by atoms with E-state index in [1.165, 1.54) is 5.69 Å². The second-order valence-electron chi connectivity index (χ2n) is 6.45. The first-order chi connectivity index (χ1) is 12.0. The molecule has 7 heteroatoms. The van der Waals surface area contributed by atoms with Crippen LogP contribution < -0.4 is 10.6 Å². The minimum absolute atomic E-state index is 0.467. The predicted molar refractivity (Wildman–Crippen MR) is 105 cm³/mol. The lowest BCUT2D eigenvalue weighted by Crippen LogP contribution is -2.38. The monoisotopic (exact) mass is 362 g/mol. The minimum Gasteiger partial charge on any atom is -0.357 e. The number of hydrogen-bond acceptors (Lipinski definition) is 4. The number of nitrogens with one attached hydrogen (secondary N) is 2. The van der Waals surface area contributed by atoms with Gasteiger partial charge in [-0.2, -0.15) is 5.10 Å². The van der Waals surface area contributed by atoms with E-state index >= 15 is 0 Å². The van der Waals surface area contributed by atoms with E-state index in [-0.39, 0.29) is 0 Å². The van der Waals surface area contributed by atoms with Gasteiger partial charge in [-0.05, 0) is 39.2 Å². The van der Waals surface area contributed by atoms with E-state index in [0.717, 1.165) is 48.4 Å². The van der Waals surface area contributed by atoms with Crippen molar-refractivity contribution in [3.05, 3.63) is 33.5 Å². The fraction of sp³-hybridized carbons (Fsp3) is 0.611. The number of aliphatic imine (C=N–C) groups is 1. The van der Waals surface area contributed by atoms with Crippen LogP contribution in [0.2, 0.25) is 0 Å². The average molecular weight is 363 g/mol. The Hall–Kier alpha value is -1.89. The molecule has 0 aliphatic rings. The van der Waals surface area contributed by atoms with E-state index in [2.05, 4.69) is 69.5 Å². The van der Waals surface area contributed by atoms with Gasteiger partial charge in [0.2, 0.25) is 0 Å². The lowest BCUT2D eigenvalue weighted by atomic mass is 10.2. The van der Waals surface area contributed by atoms with Crippen LogP contribution in [0.5, 0.6) is 0 Å². The fourth-order valence-electron chi connectivity index (χ4n) is 2.49. The first kappa shape index (κ1) is 19.4. The highest BCUT2D eigenvalue weighted by Gasteiger charge is 2.06. The molecule has 2 aromatic heterocycles. The van der Waals surface area contributed by atoms with Crippen LogP contribution in [0.15, 0.2) is 16.4 Å². The molecule has 138 valence electrons. The van der Waals surface area contributed by atoms with Gasteiger partial charge >= 0.3 is 0 Å². The Kier molecular flexibility index (Phi) is 7.43. The maximum Gasteiger partial charge on any atom is 0.191 e. The number of aryl methyl sites for hydroxylation is 3. The van der Waals surface area contributed by atoms with Crippen molar-refractivity contribution in [2.45, 2.75) is 60.0 Å². The Morgan fingerprint density at radius 2 is 2.12 bits per heavy atom. The molecule has 2 heterocycles. The highest BCUT2D eigenvalue weighted by molar-refractivity contribution is 7.09. The third-order valence-corrected chi connectivity index (χ3v) is 4.67. The van der Waals surface area contributed by atoms with Crippen molar-refractivity contribution in [3.63, 3.8) is 0 Å². The van der Waals surface area contributed by atoms with Crippen LogP contribution in [-0.2, 0) is 13.1 Å². The molecule has 0 radical (unpaired) electrons. The van der Waals surface area contributed by atoms with Gasteiger partial charge in [0.25, 0.3) is 0 Å². The number of nitrogens with zero attached hydrogens (tertiary/aromatic N) is 4. The Morgan fingerprint density at radius 1 is 1.32 bits per heavy atom. The van der Waals surface area contributed by atoms with E-state index < -0.39 is 0 Å². The molecule has 0 aliphatic heterocycles. The molecule has 0 bridgehead atoms. The Labute approximate surface area is 154 Å². The Bertz CT molecular complexity index is 686. The van der Waals surface area contributed by atoms with Gasteiger partial charge in [-0.15, -0.1) is 11.3 Å². The van der Waals surface area contributed by atoms with E-state index in [9.17, 15) is 0 Å². The molecule has 25 heavy (non-hydrogen) atoms. The molecule has 0 saturated heterocycles. The normalized spacial score (nSPS) is 12.0. The summed E-state index contributed by atoms with van der Waals surface area (Å²) in [6.07, 6.45) is 1.00. The van der Waals surface area contributed by atoms with Crippen molar-refractivity contribution in [1.82, 2.24) is 25.4 Å². The smallest absolute Gasteiger partial charge is 0.191 e. The van der Waals surface area contributed by atoms with Crippen LogP contribution in [0, 0.1) is 13.8 Å². The van der Waals surface area contributed by atoms with E-state index in [1.807, 2.05) is 6.92 Å². The van der Waals surface area contributed by atoms with E-state index in [0.29, 0.717) is 12.5 Å². The van der Waals surface area contributed by atoms with E-state index in [4.69, 9.17) is 0 Å². The van der Waals surface area contributed by atoms with Crippen molar-refractivity contribution in [3.8, 4) is 0 Å². The van der Waals surface area contributed by atoms with Crippen molar-refractivity contribution in [2.75, 3.05) is 13.1 Å². The highest BCUT2D eigenvalue weighted by Crippen LogP contribution is 2.18. The minimum atomic E-state index is 0.467. The summed E-state index contributed by atoms with van der Waals surface area (Å²) in [5.74, 6) is 1.31. The van der Waals surface area contributed by atoms with Crippen LogP contribution in [0.3, 0.4) is 0 Å². The lowest BCUT2D eigenvalue weighted by Gasteiger charge is -2.11. The summed E-state index contributed by atoms with van der Waals surface area (Å²) in [6, 6.07) is 2.11. The topological polar surface area (TPSA) is 67.1 Å². The van der Waals surface area contributed by atoms with Crippen LogP contribution in [0.25, 0.3) is 0 Å². The quantitative estimate of drug-likeness (QED) is 0.430. The van der Waals surface area contributed by atoms with Crippen LogP contribution in [0.4, 0.5) is 0 Å². The summed E-state index contributed by atoms with van der Waals surface area (Å²) in [5.41, 5.74) is 3.44. The molecule has 0 unspecified atom stereocenters. The number of hydrogen-bond donors (Lipinski definition) is 2. The van der Waals surface area contributed by atoms with Gasteiger partial charge in [0.15, 0.2) is 5.96 Å². The summed E-state index contributed by atoms with van der Waals surface area (Å²) >= 11 is 1.68. The second-order valence-corrected chi connectivity index (χ2v) is 7.39. The molecular formula is C18H30N6S. The molecule has 0 aliphatic carbocycles. The SMILES string of the molecule is CCNC(=NCc1nc(C(C)C)cs1)NCCCn1nc(C)cc1C. The average Bonchev–Trinajstić information content (AvgIpc) is 3.15. The highest BCUT2D eigenvalue weighted by atomic mass is 32.1. The van der Waals surface area contributed by atoms with Crippen molar-refractivity contribution in [1.29, 1.82) is 0 Å². The summed E-state index contributed by atoms with van der Waals surface area (Å²) < 4.78 is 2.06. The molecule has 2 aromatic rings. The fourth-order valence-corrected chi connectivity index (χ4v) is 3.37. The zero-order valence-corrected chi connectivity index (χ0v) is 16.8. The number of rotatable bonds is 8. The molecular weight excluding hydrogens is 332 g/mol. The van der Waals surface area contributed by atoms with Gasteiger partial charge in [0.05, 0.1) is 17.9 Å². The molecule has 2 N–H and O–H groups in total. The predicted octanol–water partition coefficient (Wildman–Crippen LogP) is 3.23. The van der Waals surface area contributed by atoms with Crippen molar-refractivity contribution < 1.29 is 0 Å². The molecule has 2 rings (SSSR count). The molecule has 0 fully saturated rings. The van der Waals surface area contributed by atoms with Gasteiger partial charge in [-0.25, -0.2) is 9.98 Å². The molecule has 0 atom stereocenters. The zero-order valence-electron chi connectivity index (χ0n) is 16.0. The number of guanidine groups is 1. The molecule has 6 nitrogen and oxygen atoms in total. The number of aromatic nitrogens is 3. The second kappa shape index (κ2) is 9.56. The summed E-state index contributed by atoms with van der Waals surface area (Å²) in [6.45, 7) is 13.8. The zero-order chi connectivity index (χ0) is 18.2. The first-order valence-corrected chi connectivity index (χ1v) is 9.85. The van der Waals surface area contributed by atoms with Crippen molar-refractivity contribution >= 4 is 17.3 Å². The van der Waals surface area contributed by atoms with Crippen LogP contribution in [0.1, 0.15) is 55.2 Å². The Balaban J connectivity index is 1.81. The van der Waals surface area contributed by atoms with Gasteiger partial charge in [0.1, 0.15) is 5.01 Å².